The Morgan fingerprint density at radius 2 is 2.19 bits per heavy atom. The van der Waals surface area contributed by atoms with Crippen LogP contribution < -0.4 is 10.6 Å². The van der Waals surface area contributed by atoms with Gasteiger partial charge in [0.2, 0.25) is 5.96 Å². The van der Waals surface area contributed by atoms with E-state index in [1.165, 1.54) is 18.2 Å². The number of hydrogen-bond acceptors (Lipinski definition) is 3. The second kappa shape index (κ2) is 8.97. The van der Waals surface area contributed by atoms with E-state index in [2.05, 4.69) is 15.6 Å². The smallest absolute Gasteiger partial charge is 0.258 e. The lowest BCUT2D eigenvalue weighted by molar-refractivity contribution is 0.0975. The van der Waals surface area contributed by atoms with E-state index in [9.17, 15) is 9.18 Å². The van der Waals surface area contributed by atoms with E-state index >= 15 is 0 Å². The Labute approximate surface area is 162 Å². The highest BCUT2D eigenvalue weighted by atomic mass is 35.5. The molecule has 1 atom stereocenters. The van der Waals surface area contributed by atoms with Crippen molar-refractivity contribution in [2.24, 2.45) is 4.99 Å². The van der Waals surface area contributed by atoms with E-state index in [4.69, 9.17) is 16.3 Å². The molecule has 0 aliphatic carbocycles. The number of halogens is 2. The van der Waals surface area contributed by atoms with Gasteiger partial charge in [-0.1, -0.05) is 23.7 Å². The van der Waals surface area contributed by atoms with E-state index in [0.29, 0.717) is 11.6 Å². The second-order valence-electron chi connectivity index (χ2n) is 6.37. The number of amides is 1. The number of benzene rings is 2. The third-order valence-corrected chi connectivity index (χ3v) is 4.48. The van der Waals surface area contributed by atoms with Gasteiger partial charge in [-0.15, -0.1) is 0 Å². The normalized spacial score (nSPS) is 17.0. The summed E-state index contributed by atoms with van der Waals surface area (Å²) < 4.78 is 19.0. The van der Waals surface area contributed by atoms with Crippen LogP contribution in [0.4, 0.5) is 10.1 Å². The van der Waals surface area contributed by atoms with E-state index in [1.54, 1.807) is 18.2 Å². The highest BCUT2D eigenvalue weighted by Crippen LogP contribution is 2.20. The van der Waals surface area contributed by atoms with Gasteiger partial charge in [0.25, 0.3) is 5.91 Å². The van der Waals surface area contributed by atoms with Crippen molar-refractivity contribution in [3.63, 3.8) is 0 Å². The quantitative estimate of drug-likeness (QED) is 0.609. The highest BCUT2D eigenvalue weighted by molar-refractivity contribution is 6.31. The Bertz CT molecular complexity index is 851. The summed E-state index contributed by atoms with van der Waals surface area (Å²) >= 11 is 6.07. The lowest BCUT2D eigenvalue weighted by Crippen LogP contribution is -2.37. The number of carbonyl (C=O) groups is 1. The van der Waals surface area contributed by atoms with Crippen molar-refractivity contribution in [3.8, 4) is 0 Å². The summed E-state index contributed by atoms with van der Waals surface area (Å²) in [5, 5.41) is 6.39. The molecule has 142 valence electrons. The van der Waals surface area contributed by atoms with Crippen molar-refractivity contribution < 1.29 is 13.9 Å². The minimum atomic E-state index is -0.473. The lowest BCUT2D eigenvalue weighted by Gasteiger charge is -2.15. The van der Waals surface area contributed by atoms with Crippen LogP contribution in [0.15, 0.2) is 47.5 Å². The Morgan fingerprint density at radius 3 is 2.93 bits per heavy atom. The SMILES string of the molecule is Cc1ccc(Cl)cc1NC(=NCC1CCCO1)NC(=O)c1cccc(F)c1. The number of nitrogens with zero attached hydrogens (tertiary/aromatic N) is 1. The van der Waals surface area contributed by atoms with Gasteiger partial charge in [-0.05, 0) is 55.7 Å². The summed E-state index contributed by atoms with van der Waals surface area (Å²) in [6.45, 7) is 3.07. The van der Waals surface area contributed by atoms with Crippen LogP contribution >= 0.6 is 11.6 Å². The fourth-order valence-electron chi connectivity index (χ4n) is 2.76. The fraction of sp³-hybridized carbons (Fsp3) is 0.300. The van der Waals surface area contributed by atoms with Crippen LogP contribution in [-0.2, 0) is 4.74 Å². The van der Waals surface area contributed by atoms with Crippen LogP contribution in [0.1, 0.15) is 28.8 Å². The van der Waals surface area contributed by atoms with Crippen molar-refractivity contribution in [2.75, 3.05) is 18.5 Å². The molecule has 1 amide bonds. The first-order valence-electron chi connectivity index (χ1n) is 8.77. The van der Waals surface area contributed by atoms with E-state index < -0.39 is 11.7 Å². The third kappa shape index (κ3) is 5.52. The zero-order valence-corrected chi connectivity index (χ0v) is 15.7. The molecule has 3 rings (SSSR count). The number of nitrogens with one attached hydrogen (secondary N) is 2. The molecule has 7 heteroatoms. The maximum atomic E-state index is 13.4. The number of ether oxygens (including phenoxy) is 1. The Kier molecular flexibility index (Phi) is 6.42. The molecule has 0 aromatic heterocycles. The number of aliphatic imine (C=N–C) groups is 1. The summed E-state index contributed by atoms with van der Waals surface area (Å²) in [4.78, 5) is 17.0. The van der Waals surface area contributed by atoms with Crippen molar-refractivity contribution in [2.45, 2.75) is 25.9 Å². The number of guanidine groups is 1. The molecule has 2 aromatic rings. The standard InChI is InChI=1S/C20H21ClFN3O2/c1-13-7-8-15(21)11-18(13)24-20(23-12-17-6-3-9-27-17)25-19(26)14-4-2-5-16(22)10-14/h2,4-5,7-8,10-11,17H,3,6,9,12H2,1H3,(H2,23,24,25,26). The van der Waals surface area contributed by atoms with Crippen LogP contribution in [0.25, 0.3) is 0 Å². The molecule has 0 bridgehead atoms. The minimum Gasteiger partial charge on any atom is -0.376 e. The first kappa shape index (κ1) is 19.3. The van der Waals surface area contributed by atoms with Gasteiger partial charge in [0.05, 0.1) is 12.6 Å². The molecule has 0 spiro atoms. The molecule has 2 N–H and O–H groups in total. The number of aryl methyl sites for hydroxylation is 1. The van der Waals surface area contributed by atoms with Crippen LogP contribution in [0, 0.1) is 12.7 Å². The number of carbonyl (C=O) groups excluding carboxylic acids is 1. The molecule has 1 aliphatic rings. The molecule has 1 aliphatic heterocycles. The molecule has 2 aromatic carbocycles. The fourth-order valence-corrected chi connectivity index (χ4v) is 2.93. The molecular weight excluding hydrogens is 369 g/mol. The van der Waals surface area contributed by atoms with E-state index in [1.807, 2.05) is 13.0 Å². The summed E-state index contributed by atoms with van der Waals surface area (Å²) in [7, 11) is 0. The summed E-state index contributed by atoms with van der Waals surface area (Å²) in [6, 6.07) is 10.9. The molecule has 5 nitrogen and oxygen atoms in total. The topological polar surface area (TPSA) is 62.7 Å². The molecule has 0 radical (unpaired) electrons. The zero-order valence-electron chi connectivity index (χ0n) is 15.0. The van der Waals surface area contributed by atoms with E-state index in [-0.39, 0.29) is 17.6 Å². The average molecular weight is 390 g/mol. The average Bonchev–Trinajstić information content (AvgIpc) is 3.16. The summed E-state index contributed by atoms with van der Waals surface area (Å²) in [5.41, 5.74) is 1.89. The largest absolute Gasteiger partial charge is 0.376 e. The molecule has 1 unspecified atom stereocenters. The van der Waals surface area contributed by atoms with Gasteiger partial charge in [0.1, 0.15) is 5.82 Å². The van der Waals surface area contributed by atoms with Crippen LogP contribution in [-0.4, -0.2) is 31.1 Å². The van der Waals surface area contributed by atoms with Crippen molar-refractivity contribution in [3.05, 3.63) is 64.4 Å². The summed E-state index contributed by atoms with van der Waals surface area (Å²) in [5.74, 6) is -0.656. The van der Waals surface area contributed by atoms with Gasteiger partial charge in [-0.2, -0.15) is 0 Å². The maximum Gasteiger partial charge on any atom is 0.258 e. The minimum absolute atomic E-state index is 0.0355. The number of rotatable bonds is 4. The zero-order chi connectivity index (χ0) is 19.2. The first-order valence-corrected chi connectivity index (χ1v) is 9.15. The molecule has 1 heterocycles. The van der Waals surface area contributed by atoms with Gasteiger partial charge >= 0.3 is 0 Å². The monoisotopic (exact) mass is 389 g/mol. The lowest BCUT2D eigenvalue weighted by atomic mass is 10.2. The predicted molar refractivity (Wildman–Crippen MR) is 105 cm³/mol. The predicted octanol–water partition coefficient (Wildman–Crippen LogP) is 4.16. The number of hydrogen-bond donors (Lipinski definition) is 2. The van der Waals surface area contributed by atoms with Crippen molar-refractivity contribution in [1.82, 2.24) is 5.32 Å². The van der Waals surface area contributed by atoms with Crippen LogP contribution in [0.3, 0.4) is 0 Å². The molecular formula is C20H21ClFN3O2. The van der Waals surface area contributed by atoms with Gasteiger partial charge in [0.15, 0.2) is 0 Å². The first-order chi connectivity index (χ1) is 13.0. The maximum absolute atomic E-state index is 13.4. The summed E-state index contributed by atoms with van der Waals surface area (Å²) in [6.07, 6.45) is 1.98. The highest BCUT2D eigenvalue weighted by Gasteiger charge is 2.16. The molecule has 27 heavy (non-hydrogen) atoms. The van der Waals surface area contributed by atoms with E-state index in [0.717, 1.165) is 30.7 Å². The Balaban J connectivity index is 1.79. The van der Waals surface area contributed by atoms with Crippen LogP contribution in [0.5, 0.6) is 0 Å². The molecule has 1 fully saturated rings. The van der Waals surface area contributed by atoms with Gasteiger partial charge in [-0.25, -0.2) is 9.38 Å². The third-order valence-electron chi connectivity index (χ3n) is 4.25. The van der Waals surface area contributed by atoms with Crippen molar-refractivity contribution >= 4 is 29.2 Å². The Hall–Kier alpha value is -2.44. The van der Waals surface area contributed by atoms with Gasteiger partial charge in [-0.3, -0.25) is 10.1 Å². The Morgan fingerprint density at radius 1 is 1.33 bits per heavy atom. The van der Waals surface area contributed by atoms with Gasteiger partial charge < -0.3 is 10.1 Å². The van der Waals surface area contributed by atoms with Gasteiger partial charge in [0, 0.05) is 22.9 Å². The molecule has 1 saturated heterocycles. The van der Waals surface area contributed by atoms with Crippen LogP contribution in [0.2, 0.25) is 5.02 Å². The number of anilines is 1. The second-order valence-corrected chi connectivity index (χ2v) is 6.81. The molecule has 0 saturated carbocycles. The van der Waals surface area contributed by atoms with Crippen molar-refractivity contribution in [1.29, 1.82) is 0 Å².